The van der Waals surface area contributed by atoms with E-state index in [1.54, 1.807) is 31.7 Å². The molecule has 0 unspecified atom stereocenters. The molecule has 11 heteroatoms. The highest BCUT2D eigenvalue weighted by Gasteiger charge is 2.27. The maximum absolute atomic E-state index is 14.7. The van der Waals surface area contributed by atoms with E-state index < -0.39 is 29.5 Å². The van der Waals surface area contributed by atoms with Gasteiger partial charge in [0, 0.05) is 31.5 Å². The van der Waals surface area contributed by atoms with Gasteiger partial charge >= 0.3 is 18.1 Å². The minimum Gasteiger partial charge on any atom is -0.493 e. The van der Waals surface area contributed by atoms with Crippen LogP contribution in [0, 0.1) is 23.6 Å². The average molecular weight is 551 g/mol. The summed E-state index contributed by atoms with van der Waals surface area (Å²) >= 11 is 0. The zero-order valence-corrected chi connectivity index (χ0v) is 23.8. The molecule has 0 aliphatic carbocycles. The van der Waals surface area contributed by atoms with Gasteiger partial charge in [-0.1, -0.05) is 26.8 Å². The molecule has 10 nitrogen and oxygen atoms in total. The number of aliphatic carboxylic acids is 1. The number of urea groups is 1. The number of carbonyl (C=O) groups is 3. The third kappa shape index (κ3) is 10.7. The highest BCUT2D eigenvalue weighted by Crippen LogP contribution is 2.28. The second-order valence-corrected chi connectivity index (χ2v) is 11.4. The van der Waals surface area contributed by atoms with Gasteiger partial charge in [0.2, 0.25) is 0 Å². The predicted molar refractivity (Wildman–Crippen MR) is 146 cm³/mol. The van der Waals surface area contributed by atoms with Crippen LogP contribution in [0.4, 0.5) is 14.0 Å². The molecule has 0 radical (unpaired) electrons. The van der Waals surface area contributed by atoms with Crippen LogP contribution < -0.4 is 15.8 Å². The highest BCUT2D eigenvalue weighted by molar-refractivity contribution is 5.93. The van der Waals surface area contributed by atoms with E-state index >= 15 is 0 Å². The Balaban J connectivity index is 1.82. The zero-order chi connectivity index (χ0) is 29.3. The first-order valence-corrected chi connectivity index (χ1v) is 13.4. The molecular weight excluding hydrogens is 507 g/mol. The number of nitrogens with two attached hydrogens (primary N) is 1. The normalized spacial score (nSPS) is 16.5. The van der Waals surface area contributed by atoms with Crippen molar-refractivity contribution in [1.82, 2.24) is 10.2 Å². The van der Waals surface area contributed by atoms with Gasteiger partial charge in [0.1, 0.15) is 29.0 Å². The summed E-state index contributed by atoms with van der Waals surface area (Å²) in [5, 5.41) is 11.7. The monoisotopic (exact) mass is 550 g/mol. The Morgan fingerprint density at radius 2 is 1.85 bits per heavy atom. The number of nitrogens with one attached hydrogen (secondary N) is 1. The van der Waals surface area contributed by atoms with Crippen molar-refractivity contribution in [2.75, 3.05) is 19.7 Å². The largest absolute Gasteiger partial charge is 0.493 e. The van der Waals surface area contributed by atoms with Gasteiger partial charge in [0.25, 0.3) is 0 Å². The average Bonchev–Trinajstić information content (AvgIpc) is 2.83. The van der Waals surface area contributed by atoms with Crippen LogP contribution in [0.3, 0.4) is 0 Å². The van der Waals surface area contributed by atoms with Crippen molar-refractivity contribution in [2.45, 2.75) is 78.9 Å². The van der Waals surface area contributed by atoms with E-state index in [4.69, 9.17) is 15.2 Å². The third-order valence-electron chi connectivity index (χ3n) is 6.71. The van der Waals surface area contributed by atoms with E-state index in [1.165, 1.54) is 12.1 Å². The van der Waals surface area contributed by atoms with E-state index in [0.29, 0.717) is 43.1 Å². The summed E-state index contributed by atoms with van der Waals surface area (Å²) in [6.07, 6.45) is 1.38. The third-order valence-corrected chi connectivity index (χ3v) is 6.71. The van der Waals surface area contributed by atoms with Gasteiger partial charge in [-0.3, -0.25) is 0 Å². The van der Waals surface area contributed by atoms with Crippen molar-refractivity contribution in [1.29, 1.82) is 0 Å². The summed E-state index contributed by atoms with van der Waals surface area (Å²) in [6, 6.07) is 2.64. The molecule has 1 fully saturated rings. The predicted octanol–water partition coefficient (Wildman–Crippen LogP) is 4.60. The minimum absolute atomic E-state index is 0.0269. The van der Waals surface area contributed by atoms with E-state index in [0.717, 1.165) is 19.3 Å². The van der Waals surface area contributed by atoms with Crippen LogP contribution in [-0.2, 0) is 16.0 Å². The van der Waals surface area contributed by atoms with Gasteiger partial charge < -0.3 is 30.5 Å². The molecule has 1 aromatic rings. The molecule has 0 aromatic heterocycles. The van der Waals surface area contributed by atoms with E-state index in [-0.39, 0.29) is 23.9 Å². The fourth-order valence-corrected chi connectivity index (χ4v) is 4.22. The van der Waals surface area contributed by atoms with Crippen LogP contribution in [0.1, 0.15) is 66.4 Å². The molecule has 0 spiro atoms. The van der Waals surface area contributed by atoms with Gasteiger partial charge in [-0.2, -0.15) is 4.99 Å². The number of ether oxygens (including phenoxy) is 2. The molecule has 218 valence electrons. The quantitative estimate of drug-likeness (QED) is 0.285. The SMILES string of the molecule is CC(C)C(N)=NC(=O)N1CCC([C@H](C)CCOc2ccc(C[C@H](NC(=O)OC(C)(C)C)C(=O)O)c(F)c2)CC1. The lowest BCUT2D eigenvalue weighted by atomic mass is 9.84. The number of carboxylic acid groups (broad SMARTS) is 1. The van der Waals surface area contributed by atoms with Gasteiger partial charge in [0.05, 0.1) is 6.61 Å². The van der Waals surface area contributed by atoms with Crippen LogP contribution >= 0.6 is 0 Å². The fourth-order valence-electron chi connectivity index (χ4n) is 4.22. The number of amidine groups is 1. The van der Waals surface area contributed by atoms with Crippen LogP contribution in [0.15, 0.2) is 23.2 Å². The number of hydrogen-bond acceptors (Lipinski definition) is 5. The highest BCUT2D eigenvalue weighted by atomic mass is 19.1. The van der Waals surface area contributed by atoms with Gasteiger partial charge in [0.15, 0.2) is 0 Å². The fraction of sp³-hybridized carbons (Fsp3) is 0.643. The topological polar surface area (TPSA) is 144 Å². The first-order chi connectivity index (χ1) is 18.2. The Bertz CT molecular complexity index is 1030. The summed E-state index contributed by atoms with van der Waals surface area (Å²) in [6.45, 7) is 12.6. The van der Waals surface area contributed by atoms with Gasteiger partial charge in [-0.05, 0) is 63.5 Å². The van der Waals surface area contributed by atoms with Crippen molar-refractivity contribution in [2.24, 2.45) is 28.5 Å². The summed E-state index contributed by atoms with van der Waals surface area (Å²) in [5.74, 6) is -0.404. The lowest BCUT2D eigenvalue weighted by Gasteiger charge is -2.34. The van der Waals surface area contributed by atoms with Crippen LogP contribution in [-0.4, -0.2) is 65.3 Å². The lowest BCUT2D eigenvalue weighted by molar-refractivity contribution is -0.139. The number of carbonyl (C=O) groups excluding carboxylic acids is 2. The van der Waals surface area contributed by atoms with Crippen molar-refractivity contribution in [3.8, 4) is 5.75 Å². The Hall–Kier alpha value is -3.37. The van der Waals surface area contributed by atoms with Crippen molar-refractivity contribution in [3.63, 3.8) is 0 Å². The molecule has 1 heterocycles. The first kappa shape index (κ1) is 31.8. The van der Waals surface area contributed by atoms with Crippen LogP contribution in [0.5, 0.6) is 5.75 Å². The summed E-state index contributed by atoms with van der Waals surface area (Å²) < 4.78 is 25.6. The Morgan fingerprint density at radius 3 is 2.38 bits per heavy atom. The molecule has 1 aromatic carbocycles. The summed E-state index contributed by atoms with van der Waals surface area (Å²) in [4.78, 5) is 41.6. The van der Waals surface area contributed by atoms with Crippen molar-refractivity contribution < 1.29 is 33.4 Å². The van der Waals surface area contributed by atoms with Crippen LogP contribution in [0.2, 0.25) is 0 Å². The number of rotatable bonds is 10. The number of halogens is 1. The number of piperidine rings is 1. The second-order valence-electron chi connectivity index (χ2n) is 11.4. The van der Waals surface area contributed by atoms with Crippen LogP contribution in [0.25, 0.3) is 0 Å². The van der Waals surface area contributed by atoms with E-state index in [9.17, 15) is 23.9 Å². The lowest BCUT2D eigenvalue weighted by Crippen LogP contribution is -2.44. The molecule has 1 saturated heterocycles. The van der Waals surface area contributed by atoms with E-state index in [2.05, 4.69) is 17.2 Å². The number of amides is 3. The maximum Gasteiger partial charge on any atom is 0.408 e. The molecular formula is C28H43FN4O6. The number of benzene rings is 1. The maximum atomic E-state index is 14.7. The number of carboxylic acids is 1. The standard InChI is InChI=1S/C28H43FN4O6/c1-17(2)24(30)32-26(36)33-12-9-19(10-13-33)18(3)11-14-38-21-8-7-20(22(29)16-21)15-23(25(34)35)31-27(37)39-28(4,5)6/h7-8,16-19,23H,9-15H2,1-6H3,(H,31,37)(H,34,35)(H2,30,32,36)/t18-,23+/m1/s1. The van der Waals surface area contributed by atoms with Crippen molar-refractivity contribution >= 4 is 23.9 Å². The van der Waals surface area contributed by atoms with Crippen molar-refractivity contribution in [3.05, 3.63) is 29.6 Å². The number of alkyl carbamates (subject to hydrolysis) is 1. The smallest absolute Gasteiger partial charge is 0.408 e. The molecule has 1 aliphatic heterocycles. The number of aliphatic imine (C=N–C) groups is 1. The Labute approximate surface area is 230 Å². The summed E-state index contributed by atoms with van der Waals surface area (Å²) in [7, 11) is 0. The Morgan fingerprint density at radius 1 is 1.21 bits per heavy atom. The Kier molecular flexibility index (Phi) is 11.5. The molecule has 0 bridgehead atoms. The number of nitrogens with zero attached hydrogens (tertiary/aromatic N) is 2. The molecule has 0 saturated carbocycles. The summed E-state index contributed by atoms with van der Waals surface area (Å²) in [5.41, 5.74) is 5.16. The van der Waals surface area contributed by atoms with Gasteiger partial charge in [-0.25, -0.2) is 18.8 Å². The first-order valence-electron chi connectivity index (χ1n) is 13.4. The number of hydrogen-bond donors (Lipinski definition) is 3. The molecule has 2 rings (SSSR count). The molecule has 2 atom stereocenters. The number of likely N-dealkylation sites (tertiary alicyclic amines) is 1. The zero-order valence-electron chi connectivity index (χ0n) is 23.8. The van der Waals surface area contributed by atoms with Gasteiger partial charge in [-0.15, -0.1) is 0 Å². The molecule has 4 N–H and O–H groups in total. The second kappa shape index (κ2) is 14.1. The van der Waals surface area contributed by atoms with E-state index in [1.807, 2.05) is 13.8 Å². The molecule has 1 aliphatic rings. The minimum atomic E-state index is -1.34. The molecule has 39 heavy (non-hydrogen) atoms. The molecule has 3 amide bonds.